The molecular formula is C12H16F3NO. The summed E-state index contributed by atoms with van der Waals surface area (Å²) in [6.45, 7) is 1.87. The first kappa shape index (κ1) is 14.0. The molecule has 1 unspecified atom stereocenters. The van der Waals surface area contributed by atoms with Gasteiger partial charge in [-0.1, -0.05) is 24.3 Å². The number of alkyl halides is 3. The van der Waals surface area contributed by atoms with E-state index >= 15 is 0 Å². The lowest BCUT2D eigenvalue weighted by atomic mass is 10.1. The van der Waals surface area contributed by atoms with E-state index in [1.165, 1.54) is 6.92 Å². The fourth-order valence-corrected chi connectivity index (χ4v) is 1.47. The second kappa shape index (κ2) is 6.02. The number of hydrogen-bond donors (Lipinski definition) is 2. The molecular weight excluding hydrogens is 231 g/mol. The highest BCUT2D eigenvalue weighted by molar-refractivity contribution is 5.21. The van der Waals surface area contributed by atoms with Gasteiger partial charge in [-0.2, -0.15) is 13.2 Å². The minimum atomic E-state index is -4.13. The first-order valence-corrected chi connectivity index (χ1v) is 5.39. The van der Waals surface area contributed by atoms with Gasteiger partial charge < -0.3 is 10.4 Å². The number of nitrogens with one attached hydrogen (secondary N) is 1. The predicted octanol–water partition coefficient (Wildman–Crippen LogP) is 2.61. The molecule has 1 rings (SSSR count). The molecule has 5 heteroatoms. The van der Waals surface area contributed by atoms with Crippen LogP contribution in [-0.4, -0.2) is 17.3 Å². The quantitative estimate of drug-likeness (QED) is 0.838. The van der Waals surface area contributed by atoms with E-state index in [1.54, 1.807) is 24.3 Å². The second-order valence-electron chi connectivity index (χ2n) is 4.08. The van der Waals surface area contributed by atoms with Crippen LogP contribution >= 0.6 is 0 Å². The second-order valence-corrected chi connectivity index (χ2v) is 4.08. The number of hydrogen-bond acceptors (Lipinski definition) is 2. The number of aliphatic hydroxyl groups excluding tert-OH is 1. The maximum absolute atomic E-state index is 12.1. The first-order valence-electron chi connectivity index (χ1n) is 5.39. The molecule has 0 radical (unpaired) electrons. The largest absolute Gasteiger partial charge is 0.392 e. The van der Waals surface area contributed by atoms with Crippen molar-refractivity contribution in [2.75, 3.05) is 0 Å². The Balaban J connectivity index is 2.39. The molecule has 0 aromatic heterocycles. The number of aliphatic hydroxyl groups is 1. The van der Waals surface area contributed by atoms with Gasteiger partial charge in [-0.25, -0.2) is 0 Å². The van der Waals surface area contributed by atoms with Crippen LogP contribution in [0.2, 0.25) is 0 Å². The molecule has 0 aliphatic carbocycles. The van der Waals surface area contributed by atoms with Crippen molar-refractivity contribution in [2.24, 2.45) is 0 Å². The van der Waals surface area contributed by atoms with Crippen molar-refractivity contribution in [2.45, 2.75) is 38.7 Å². The van der Waals surface area contributed by atoms with Crippen molar-refractivity contribution in [3.05, 3.63) is 35.4 Å². The van der Waals surface area contributed by atoms with Gasteiger partial charge in [-0.15, -0.1) is 0 Å². The van der Waals surface area contributed by atoms with E-state index in [0.717, 1.165) is 11.1 Å². The Morgan fingerprint density at radius 3 is 2.18 bits per heavy atom. The van der Waals surface area contributed by atoms with E-state index in [9.17, 15) is 13.2 Å². The van der Waals surface area contributed by atoms with Gasteiger partial charge in [-0.05, 0) is 18.1 Å². The van der Waals surface area contributed by atoms with Crippen LogP contribution in [0, 0.1) is 0 Å². The van der Waals surface area contributed by atoms with Crippen LogP contribution in [-0.2, 0) is 13.2 Å². The number of rotatable bonds is 5. The minimum Gasteiger partial charge on any atom is -0.392 e. The lowest BCUT2D eigenvalue weighted by Crippen LogP contribution is -2.30. The third kappa shape index (κ3) is 5.70. The minimum absolute atomic E-state index is 0.0296. The molecule has 0 aliphatic heterocycles. The lowest BCUT2D eigenvalue weighted by molar-refractivity contribution is -0.139. The van der Waals surface area contributed by atoms with E-state index in [2.05, 4.69) is 5.32 Å². The normalized spacial score (nSPS) is 13.7. The molecule has 0 bridgehead atoms. The topological polar surface area (TPSA) is 32.3 Å². The zero-order valence-electron chi connectivity index (χ0n) is 9.59. The Kier molecular flexibility index (Phi) is 4.96. The van der Waals surface area contributed by atoms with Crippen LogP contribution in [0.3, 0.4) is 0 Å². The van der Waals surface area contributed by atoms with Crippen LogP contribution in [0.25, 0.3) is 0 Å². The van der Waals surface area contributed by atoms with Crippen LogP contribution in [0.15, 0.2) is 24.3 Å². The summed E-state index contributed by atoms with van der Waals surface area (Å²) >= 11 is 0. The van der Waals surface area contributed by atoms with Crippen LogP contribution in [0.4, 0.5) is 13.2 Å². The van der Waals surface area contributed by atoms with Crippen LogP contribution in [0.5, 0.6) is 0 Å². The standard InChI is InChI=1S/C12H16F3NO/c1-9(6-12(13,14)15)16-7-10-2-4-11(8-17)5-3-10/h2-5,9,16-17H,6-8H2,1H3. The average Bonchev–Trinajstić information content (AvgIpc) is 2.25. The molecule has 0 saturated carbocycles. The summed E-state index contributed by atoms with van der Waals surface area (Å²) in [7, 11) is 0. The summed E-state index contributed by atoms with van der Waals surface area (Å²) in [5, 5.41) is 11.6. The zero-order valence-corrected chi connectivity index (χ0v) is 9.59. The Morgan fingerprint density at radius 2 is 1.71 bits per heavy atom. The molecule has 0 saturated heterocycles. The maximum Gasteiger partial charge on any atom is 0.390 e. The summed E-state index contributed by atoms with van der Waals surface area (Å²) in [6.07, 6.45) is -4.96. The van der Waals surface area contributed by atoms with Crippen molar-refractivity contribution >= 4 is 0 Å². The molecule has 96 valence electrons. The van der Waals surface area contributed by atoms with Crippen molar-refractivity contribution in [3.63, 3.8) is 0 Å². The van der Waals surface area contributed by atoms with E-state index in [1.807, 2.05) is 0 Å². The summed E-state index contributed by atoms with van der Waals surface area (Å²) in [5.41, 5.74) is 1.69. The van der Waals surface area contributed by atoms with Crippen molar-refractivity contribution in [1.29, 1.82) is 0 Å². The van der Waals surface area contributed by atoms with E-state index in [0.29, 0.717) is 6.54 Å². The third-order valence-electron chi connectivity index (χ3n) is 2.40. The molecule has 0 spiro atoms. The SMILES string of the molecule is CC(CC(F)(F)F)NCc1ccc(CO)cc1. The molecule has 1 aromatic carbocycles. The molecule has 0 amide bonds. The molecule has 2 nitrogen and oxygen atoms in total. The van der Waals surface area contributed by atoms with E-state index in [-0.39, 0.29) is 6.61 Å². The Morgan fingerprint density at radius 1 is 1.18 bits per heavy atom. The predicted molar refractivity (Wildman–Crippen MR) is 59.3 cm³/mol. The van der Waals surface area contributed by atoms with Gasteiger partial charge in [0.05, 0.1) is 13.0 Å². The maximum atomic E-state index is 12.1. The summed E-state index contributed by atoms with van der Waals surface area (Å²) in [5.74, 6) is 0. The fraction of sp³-hybridized carbons (Fsp3) is 0.500. The van der Waals surface area contributed by atoms with Gasteiger partial charge in [0.1, 0.15) is 0 Å². The van der Waals surface area contributed by atoms with Crippen molar-refractivity contribution < 1.29 is 18.3 Å². The van der Waals surface area contributed by atoms with E-state index < -0.39 is 18.6 Å². The summed E-state index contributed by atoms with van der Waals surface area (Å²) < 4.78 is 36.2. The third-order valence-corrected chi connectivity index (χ3v) is 2.40. The highest BCUT2D eigenvalue weighted by Crippen LogP contribution is 2.21. The Labute approximate surface area is 98.5 Å². The highest BCUT2D eigenvalue weighted by atomic mass is 19.4. The van der Waals surface area contributed by atoms with Gasteiger partial charge in [0.2, 0.25) is 0 Å². The highest BCUT2D eigenvalue weighted by Gasteiger charge is 2.29. The lowest BCUT2D eigenvalue weighted by Gasteiger charge is -2.15. The monoisotopic (exact) mass is 247 g/mol. The number of benzene rings is 1. The van der Waals surface area contributed by atoms with Gasteiger partial charge in [-0.3, -0.25) is 0 Å². The summed E-state index contributed by atoms with van der Waals surface area (Å²) in [4.78, 5) is 0. The first-order chi connectivity index (χ1) is 7.90. The molecule has 0 heterocycles. The molecule has 2 N–H and O–H groups in total. The average molecular weight is 247 g/mol. The van der Waals surface area contributed by atoms with Gasteiger partial charge in [0, 0.05) is 12.6 Å². The smallest absolute Gasteiger partial charge is 0.390 e. The fourth-order valence-electron chi connectivity index (χ4n) is 1.47. The zero-order chi connectivity index (χ0) is 12.9. The van der Waals surface area contributed by atoms with Crippen LogP contribution < -0.4 is 5.32 Å². The van der Waals surface area contributed by atoms with Gasteiger partial charge >= 0.3 is 6.18 Å². The molecule has 1 aromatic rings. The van der Waals surface area contributed by atoms with Crippen molar-refractivity contribution in [3.8, 4) is 0 Å². The Hall–Kier alpha value is -1.07. The van der Waals surface area contributed by atoms with E-state index in [4.69, 9.17) is 5.11 Å². The molecule has 17 heavy (non-hydrogen) atoms. The van der Waals surface area contributed by atoms with Crippen LogP contribution in [0.1, 0.15) is 24.5 Å². The van der Waals surface area contributed by atoms with Crippen molar-refractivity contribution in [1.82, 2.24) is 5.32 Å². The number of halogens is 3. The molecule has 1 atom stereocenters. The summed E-state index contributed by atoms with van der Waals surface area (Å²) in [6, 6.07) is 6.49. The molecule has 0 fully saturated rings. The van der Waals surface area contributed by atoms with Gasteiger partial charge in [0.15, 0.2) is 0 Å². The Bertz CT molecular complexity index is 335. The van der Waals surface area contributed by atoms with Gasteiger partial charge in [0.25, 0.3) is 0 Å². The molecule has 0 aliphatic rings.